The Morgan fingerprint density at radius 3 is 2.70 bits per heavy atom. The highest BCUT2D eigenvalue weighted by molar-refractivity contribution is 7.89. The van der Waals surface area contributed by atoms with Crippen LogP contribution in [0.2, 0.25) is 0 Å². The van der Waals surface area contributed by atoms with Gasteiger partial charge < -0.3 is 4.90 Å². The number of rotatable bonds is 4. The van der Waals surface area contributed by atoms with Crippen LogP contribution in [0, 0.1) is 5.92 Å². The predicted octanol–water partition coefficient (Wildman–Crippen LogP) is 1.53. The molecular formula is C14H20N2O3S. The van der Waals surface area contributed by atoms with Crippen molar-refractivity contribution in [3.05, 3.63) is 23.8 Å². The van der Waals surface area contributed by atoms with Gasteiger partial charge in [-0.05, 0) is 30.0 Å². The van der Waals surface area contributed by atoms with Gasteiger partial charge >= 0.3 is 0 Å². The summed E-state index contributed by atoms with van der Waals surface area (Å²) >= 11 is 0. The fourth-order valence-electron chi connectivity index (χ4n) is 2.21. The molecule has 0 radical (unpaired) electrons. The molecule has 6 heteroatoms. The number of carbonyl (C=O) groups excluding carboxylic acids is 1. The largest absolute Gasteiger partial charge is 0.312 e. The Morgan fingerprint density at radius 2 is 2.10 bits per heavy atom. The zero-order valence-corrected chi connectivity index (χ0v) is 12.8. The van der Waals surface area contributed by atoms with Gasteiger partial charge in [0.1, 0.15) is 0 Å². The van der Waals surface area contributed by atoms with Gasteiger partial charge in [-0.3, -0.25) is 4.79 Å². The first-order chi connectivity index (χ1) is 9.31. The second-order valence-electron chi connectivity index (χ2n) is 5.46. The fraction of sp³-hybridized carbons (Fsp3) is 0.500. The van der Waals surface area contributed by atoms with Crippen molar-refractivity contribution in [3.8, 4) is 0 Å². The van der Waals surface area contributed by atoms with Gasteiger partial charge in [0, 0.05) is 25.7 Å². The van der Waals surface area contributed by atoms with Gasteiger partial charge in [-0.25, -0.2) is 13.1 Å². The smallest absolute Gasteiger partial charge is 0.240 e. The fourth-order valence-corrected chi connectivity index (χ4v) is 3.45. The Kier molecular flexibility index (Phi) is 4.15. The maximum Gasteiger partial charge on any atom is 0.240 e. The molecule has 1 N–H and O–H groups in total. The van der Waals surface area contributed by atoms with Crippen LogP contribution in [-0.4, -0.2) is 27.4 Å². The van der Waals surface area contributed by atoms with Gasteiger partial charge in [0.05, 0.1) is 4.90 Å². The summed E-state index contributed by atoms with van der Waals surface area (Å²) in [6.45, 7) is 6.40. The minimum Gasteiger partial charge on any atom is -0.312 e. The highest BCUT2D eigenvalue weighted by atomic mass is 32.2. The second kappa shape index (κ2) is 5.54. The molecule has 0 bridgehead atoms. The van der Waals surface area contributed by atoms with Gasteiger partial charge in [-0.15, -0.1) is 0 Å². The average molecular weight is 296 g/mol. The third-order valence-electron chi connectivity index (χ3n) is 3.32. The van der Waals surface area contributed by atoms with Gasteiger partial charge in [-0.1, -0.05) is 19.9 Å². The van der Waals surface area contributed by atoms with E-state index < -0.39 is 10.0 Å². The number of nitrogens with zero attached hydrogens (tertiary/aromatic N) is 1. The van der Waals surface area contributed by atoms with E-state index in [1.54, 1.807) is 23.1 Å². The summed E-state index contributed by atoms with van der Waals surface area (Å²) in [5.74, 6) is 0.182. The molecule has 0 saturated carbocycles. The van der Waals surface area contributed by atoms with Crippen LogP contribution in [0.15, 0.2) is 23.1 Å². The highest BCUT2D eigenvalue weighted by Crippen LogP contribution is 2.30. The molecular weight excluding hydrogens is 276 g/mol. The van der Waals surface area contributed by atoms with Crippen molar-refractivity contribution in [1.29, 1.82) is 0 Å². The van der Waals surface area contributed by atoms with Crippen LogP contribution in [0.5, 0.6) is 0 Å². The molecule has 0 fully saturated rings. The van der Waals surface area contributed by atoms with Gasteiger partial charge in [-0.2, -0.15) is 0 Å². The summed E-state index contributed by atoms with van der Waals surface area (Å²) in [6, 6.07) is 4.99. The molecule has 1 heterocycles. The Balaban J connectivity index is 2.31. The van der Waals surface area contributed by atoms with Crippen molar-refractivity contribution in [2.75, 3.05) is 18.0 Å². The van der Waals surface area contributed by atoms with Crippen LogP contribution in [0.3, 0.4) is 0 Å². The van der Waals surface area contributed by atoms with E-state index in [1.807, 2.05) is 13.8 Å². The first kappa shape index (κ1) is 15.0. The molecule has 1 aromatic carbocycles. The van der Waals surface area contributed by atoms with Crippen LogP contribution in [0.1, 0.15) is 26.3 Å². The van der Waals surface area contributed by atoms with Crippen LogP contribution >= 0.6 is 0 Å². The zero-order chi connectivity index (χ0) is 14.9. The van der Waals surface area contributed by atoms with E-state index in [-0.39, 0.29) is 16.7 Å². The Bertz CT molecular complexity index is 623. The summed E-state index contributed by atoms with van der Waals surface area (Å²) in [5, 5.41) is 0. The lowest BCUT2D eigenvalue weighted by molar-refractivity contribution is -0.116. The SMILES string of the molecule is CC(=O)N1CCc2ccc(S(=O)(=O)NCC(C)C)cc21. The summed E-state index contributed by atoms with van der Waals surface area (Å²) in [4.78, 5) is 13.4. The standard InChI is InChI=1S/C14H20N2O3S/c1-10(2)9-15-20(18,19)13-5-4-12-6-7-16(11(3)17)14(12)8-13/h4-5,8,10,15H,6-7,9H2,1-3H3. The molecule has 5 nitrogen and oxygen atoms in total. The molecule has 0 aromatic heterocycles. The normalized spacial score (nSPS) is 14.7. The van der Waals surface area contributed by atoms with E-state index in [4.69, 9.17) is 0 Å². The summed E-state index contributed by atoms with van der Waals surface area (Å²) in [7, 11) is -3.51. The molecule has 0 aliphatic carbocycles. The lowest BCUT2D eigenvalue weighted by atomic mass is 10.2. The first-order valence-electron chi connectivity index (χ1n) is 6.72. The molecule has 0 spiro atoms. The maximum atomic E-state index is 12.2. The first-order valence-corrected chi connectivity index (χ1v) is 8.20. The summed E-state index contributed by atoms with van der Waals surface area (Å²) in [6.07, 6.45) is 0.772. The van der Waals surface area contributed by atoms with E-state index in [0.717, 1.165) is 12.0 Å². The zero-order valence-electron chi connectivity index (χ0n) is 12.0. The van der Waals surface area contributed by atoms with Crippen LogP contribution in [-0.2, 0) is 21.2 Å². The number of carbonyl (C=O) groups is 1. The van der Waals surface area contributed by atoms with Crippen LogP contribution in [0.4, 0.5) is 5.69 Å². The third kappa shape index (κ3) is 3.02. The quantitative estimate of drug-likeness (QED) is 0.916. The Labute approximate surface area is 120 Å². The van der Waals surface area contributed by atoms with Crippen molar-refractivity contribution in [2.24, 2.45) is 5.92 Å². The van der Waals surface area contributed by atoms with Gasteiger partial charge in [0.2, 0.25) is 15.9 Å². The van der Waals surface area contributed by atoms with E-state index in [0.29, 0.717) is 18.8 Å². The molecule has 1 aromatic rings. The molecule has 1 aliphatic heterocycles. The highest BCUT2D eigenvalue weighted by Gasteiger charge is 2.25. The third-order valence-corrected chi connectivity index (χ3v) is 4.75. The summed E-state index contributed by atoms with van der Waals surface area (Å²) < 4.78 is 27.0. The average Bonchev–Trinajstić information content (AvgIpc) is 2.79. The number of sulfonamides is 1. The van der Waals surface area contributed by atoms with Crippen molar-refractivity contribution in [1.82, 2.24) is 4.72 Å². The molecule has 2 rings (SSSR count). The number of anilines is 1. The van der Waals surface area contributed by atoms with Crippen molar-refractivity contribution in [2.45, 2.75) is 32.1 Å². The summed E-state index contributed by atoms with van der Waals surface area (Å²) in [5.41, 5.74) is 1.73. The molecule has 0 unspecified atom stereocenters. The molecule has 20 heavy (non-hydrogen) atoms. The number of amides is 1. The van der Waals surface area contributed by atoms with Gasteiger partial charge in [0.15, 0.2) is 0 Å². The van der Waals surface area contributed by atoms with E-state index in [9.17, 15) is 13.2 Å². The van der Waals surface area contributed by atoms with E-state index >= 15 is 0 Å². The predicted molar refractivity (Wildman–Crippen MR) is 78.2 cm³/mol. The molecule has 110 valence electrons. The van der Waals surface area contributed by atoms with Crippen molar-refractivity contribution >= 4 is 21.6 Å². The molecule has 0 saturated heterocycles. The Morgan fingerprint density at radius 1 is 1.40 bits per heavy atom. The minimum atomic E-state index is -3.51. The molecule has 0 atom stereocenters. The number of hydrogen-bond acceptors (Lipinski definition) is 3. The number of fused-ring (bicyclic) bond motifs is 1. The number of benzene rings is 1. The lowest BCUT2D eigenvalue weighted by Crippen LogP contribution is -2.28. The lowest BCUT2D eigenvalue weighted by Gasteiger charge is -2.16. The maximum absolute atomic E-state index is 12.2. The minimum absolute atomic E-state index is 0.0616. The number of nitrogens with one attached hydrogen (secondary N) is 1. The van der Waals surface area contributed by atoms with E-state index in [1.165, 1.54) is 6.92 Å². The van der Waals surface area contributed by atoms with Gasteiger partial charge in [0.25, 0.3) is 0 Å². The van der Waals surface area contributed by atoms with Crippen molar-refractivity contribution < 1.29 is 13.2 Å². The van der Waals surface area contributed by atoms with Crippen molar-refractivity contribution in [3.63, 3.8) is 0 Å². The topological polar surface area (TPSA) is 66.5 Å². The monoisotopic (exact) mass is 296 g/mol. The van der Waals surface area contributed by atoms with E-state index in [2.05, 4.69) is 4.72 Å². The van der Waals surface area contributed by atoms with Crippen LogP contribution in [0.25, 0.3) is 0 Å². The molecule has 1 amide bonds. The second-order valence-corrected chi connectivity index (χ2v) is 7.22. The Hall–Kier alpha value is -1.40. The number of hydrogen-bond donors (Lipinski definition) is 1. The molecule has 1 aliphatic rings. The van der Waals surface area contributed by atoms with Crippen LogP contribution < -0.4 is 9.62 Å².